The Morgan fingerprint density at radius 2 is 1.62 bits per heavy atom. The second-order valence-electron chi connectivity index (χ2n) is 6.23. The Balaban J connectivity index is 0. The van der Waals surface area contributed by atoms with Crippen LogP contribution in [0.4, 0.5) is 0 Å². The standard InChI is InChI=1S/C22H24O6.Ca.2H/c1-2-9-19(23)27-14-7-3-4-8-15-28-22(26)20-17-11-6-5-10-16(17)12-13-18(20)21(24)25;;;/h2,5-6,9-13H,3-4,7-8,14-15H2,1H3,(H,24,25);;;/q;+2;2*-1. The number of carboxylic acids is 1. The second-order valence-corrected chi connectivity index (χ2v) is 6.23. The molecule has 0 radical (unpaired) electrons. The van der Waals surface area contributed by atoms with Crippen molar-refractivity contribution in [1.29, 1.82) is 0 Å². The van der Waals surface area contributed by atoms with E-state index in [1.54, 1.807) is 31.2 Å². The van der Waals surface area contributed by atoms with Crippen LogP contribution in [-0.4, -0.2) is 74.0 Å². The maximum atomic E-state index is 12.5. The molecule has 2 rings (SSSR count). The average molecular weight is 427 g/mol. The fraction of sp³-hybridized carbons (Fsp3) is 0.318. The topological polar surface area (TPSA) is 89.9 Å². The predicted octanol–water partition coefficient (Wildman–Crippen LogP) is 4.22. The summed E-state index contributed by atoms with van der Waals surface area (Å²) < 4.78 is 10.3. The third kappa shape index (κ3) is 7.80. The average Bonchev–Trinajstić information content (AvgIpc) is 2.69. The van der Waals surface area contributed by atoms with Crippen LogP contribution in [0.2, 0.25) is 0 Å². The van der Waals surface area contributed by atoms with Gasteiger partial charge in [-0.1, -0.05) is 36.4 Å². The van der Waals surface area contributed by atoms with Gasteiger partial charge in [0.2, 0.25) is 0 Å². The van der Waals surface area contributed by atoms with Crippen molar-refractivity contribution in [2.45, 2.75) is 32.6 Å². The fourth-order valence-corrected chi connectivity index (χ4v) is 2.82. The van der Waals surface area contributed by atoms with E-state index in [-0.39, 0.29) is 64.3 Å². The molecular weight excluding hydrogens is 400 g/mol. The first-order valence-corrected chi connectivity index (χ1v) is 9.26. The zero-order valence-electron chi connectivity index (χ0n) is 18.6. The third-order valence-electron chi connectivity index (χ3n) is 4.18. The van der Waals surface area contributed by atoms with Crippen LogP contribution in [0.3, 0.4) is 0 Å². The summed E-state index contributed by atoms with van der Waals surface area (Å²) in [5, 5.41) is 10.7. The molecule has 29 heavy (non-hydrogen) atoms. The summed E-state index contributed by atoms with van der Waals surface area (Å²) in [7, 11) is 0. The molecule has 1 N–H and O–H groups in total. The van der Waals surface area contributed by atoms with Crippen LogP contribution in [0, 0.1) is 0 Å². The molecule has 0 aliphatic rings. The van der Waals surface area contributed by atoms with Crippen molar-refractivity contribution < 1.29 is 31.8 Å². The van der Waals surface area contributed by atoms with Gasteiger partial charge in [0.1, 0.15) is 0 Å². The summed E-state index contributed by atoms with van der Waals surface area (Å²) in [6.45, 7) is 2.32. The first-order valence-electron chi connectivity index (χ1n) is 9.26. The smallest absolute Gasteiger partial charge is 1.00 e. The Morgan fingerprint density at radius 1 is 0.966 bits per heavy atom. The zero-order valence-corrected chi connectivity index (χ0v) is 18.8. The van der Waals surface area contributed by atoms with Gasteiger partial charge in [-0.3, -0.25) is 0 Å². The molecule has 0 atom stereocenters. The minimum Gasteiger partial charge on any atom is -1.00 e. The fourth-order valence-electron chi connectivity index (χ4n) is 2.82. The molecule has 6 nitrogen and oxygen atoms in total. The van der Waals surface area contributed by atoms with Crippen molar-refractivity contribution in [2.24, 2.45) is 0 Å². The number of hydrogen-bond donors (Lipinski definition) is 1. The van der Waals surface area contributed by atoms with Crippen molar-refractivity contribution in [3.8, 4) is 0 Å². The summed E-state index contributed by atoms with van der Waals surface area (Å²) in [4.78, 5) is 35.1. The maximum absolute atomic E-state index is 12.5. The van der Waals surface area contributed by atoms with Gasteiger partial charge in [0, 0.05) is 6.08 Å². The molecule has 2 aromatic rings. The van der Waals surface area contributed by atoms with Crippen LogP contribution in [-0.2, 0) is 14.3 Å². The number of hydrogen-bond acceptors (Lipinski definition) is 5. The zero-order chi connectivity index (χ0) is 20.4. The molecule has 7 heteroatoms. The molecule has 0 heterocycles. The number of carbonyl (C=O) groups is 3. The molecule has 0 aliphatic carbocycles. The van der Waals surface area contributed by atoms with Crippen LogP contribution >= 0.6 is 0 Å². The SMILES string of the molecule is CC=CC(=O)OCCCCCCOC(=O)c1c(C(=O)O)ccc2ccccc12.[Ca+2].[H-].[H-]. The van der Waals surface area contributed by atoms with Crippen molar-refractivity contribution in [2.75, 3.05) is 13.2 Å². The van der Waals surface area contributed by atoms with E-state index in [4.69, 9.17) is 9.47 Å². The van der Waals surface area contributed by atoms with E-state index < -0.39 is 11.9 Å². The Hall–Kier alpha value is -1.89. The van der Waals surface area contributed by atoms with Crippen LogP contribution in [0.15, 0.2) is 48.6 Å². The molecule has 0 saturated carbocycles. The maximum Gasteiger partial charge on any atom is 2.00 e. The van der Waals surface area contributed by atoms with Crippen LogP contribution in [0.1, 0.15) is 56.2 Å². The Morgan fingerprint density at radius 3 is 2.28 bits per heavy atom. The number of ether oxygens (including phenoxy) is 2. The van der Waals surface area contributed by atoms with Gasteiger partial charge in [0.25, 0.3) is 0 Å². The Labute approximate surface area is 202 Å². The minimum absolute atomic E-state index is 0. The number of carboxylic acid groups (broad SMARTS) is 1. The van der Waals surface area contributed by atoms with Gasteiger partial charge in [-0.05, 0) is 49.4 Å². The molecule has 0 fully saturated rings. The summed E-state index contributed by atoms with van der Waals surface area (Å²) in [5.41, 5.74) is 0.0214. The second kappa shape index (κ2) is 13.4. The summed E-state index contributed by atoms with van der Waals surface area (Å²) in [6.07, 6.45) is 6.05. The molecule has 0 saturated heterocycles. The van der Waals surface area contributed by atoms with E-state index in [9.17, 15) is 19.5 Å². The van der Waals surface area contributed by atoms with Gasteiger partial charge in [-0.25, -0.2) is 14.4 Å². The van der Waals surface area contributed by atoms with E-state index >= 15 is 0 Å². The minimum atomic E-state index is -1.16. The summed E-state index contributed by atoms with van der Waals surface area (Å²) >= 11 is 0. The van der Waals surface area contributed by atoms with E-state index in [1.165, 1.54) is 12.1 Å². The number of benzene rings is 2. The largest absolute Gasteiger partial charge is 2.00 e. The van der Waals surface area contributed by atoms with E-state index in [0.29, 0.717) is 18.4 Å². The molecule has 0 aliphatic heterocycles. The van der Waals surface area contributed by atoms with Crippen LogP contribution < -0.4 is 0 Å². The Kier molecular flexibility index (Phi) is 11.6. The summed E-state index contributed by atoms with van der Waals surface area (Å²) in [5.74, 6) is -2.14. The normalized spacial score (nSPS) is 10.5. The van der Waals surface area contributed by atoms with Gasteiger partial charge in [-0.15, -0.1) is 0 Å². The summed E-state index contributed by atoms with van der Waals surface area (Å²) in [6, 6.07) is 10.2. The number of allylic oxidation sites excluding steroid dienone is 1. The molecule has 0 unspecified atom stereocenters. The van der Waals surface area contributed by atoms with Crippen molar-refractivity contribution in [1.82, 2.24) is 0 Å². The molecule has 0 spiro atoms. The number of esters is 2. The Bertz CT molecular complexity index is 885. The number of aromatic carboxylic acids is 1. The van der Waals surface area contributed by atoms with Gasteiger partial charge < -0.3 is 17.4 Å². The quantitative estimate of drug-likeness (QED) is 0.265. The number of unbranched alkanes of at least 4 members (excludes halogenated alkanes) is 3. The van der Waals surface area contributed by atoms with Crippen LogP contribution in [0.25, 0.3) is 10.8 Å². The van der Waals surface area contributed by atoms with Gasteiger partial charge >= 0.3 is 55.6 Å². The molecular formula is C22H26CaO6. The number of rotatable bonds is 10. The van der Waals surface area contributed by atoms with E-state index in [2.05, 4.69) is 0 Å². The number of fused-ring (bicyclic) bond motifs is 1. The van der Waals surface area contributed by atoms with E-state index in [1.807, 2.05) is 12.1 Å². The van der Waals surface area contributed by atoms with Crippen molar-refractivity contribution >= 4 is 66.4 Å². The molecule has 0 aromatic heterocycles. The molecule has 0 bridgehead atoms. The molecule has 152 valence electrons. The first-order chi connectivity index (χ1) is 13.5. The van der Waals surface area contributed by atoms with Crippen LogP contribution in [0.5, 0.6) is 0 Å². The number of carbonyl (C=O) groups excluding carboxylic acids is 2. The third-order valence-corrected chi connectivity index (χ3v) is 4.18. The first kappa shape index (κ1) is 25.1. The van der Waals surface area contributed by atoms with Gasteiger partial charge in [0.05, 0.1) is 24.3 Å². The molecule has 0 amide bonds. The van der Waals surface area contributed by atoms with E-state index in [0.717, 1.165) is 24.6 Å². The van der Waals surface area contributed by atoms with Gasteiger partial charge in [0.15, 0.2) is 0 Å². The molecule has 2 aromatic carbocycles. The van der Waals surface area contributed by atoms with Crippen molar-refractivity contribution in [3.05, 3.63) is 59.7 Å². The van der Waals surface area contributed by atoms with Gasteiger partial charge in [-0.2, -0.15) is 0 Å². The predicted molar refractivity (Wildman–Crippen MR) is 113 cm³/mol. The van der Waals surface area contributed by atoms with Crippen molar-refractivity contribution in [3.63, 3.8) is 0 Å². The monoisotopic (exact) mass is 426 g/mol.